The average Bonchev–Trinajstić information content (AvgIpc) is 2.47. The first-order chi connectivity index (χ1) is 9.74. The van der Waals surface area contributed by atoms with Gasteiger partial charge in [0, 0.05) is 23.8 Å². The molecule has 0 radical (unpaired) electrons. The number of benzene rings is 1. The Bertz CT molecular complexity index is 775. The van der Waals surface area contributed by atoms with E-state index in [0.29, 0.717) is 22.5 Å². The molecule has 3 aromatic rings. The minimum atomic E-state index is -0.472. The Morgan fingerprint density at radius 3 is 2.65 bits per heavy atom. The van der Waals surface area contributed by atoms with Gasteiger partial charge in [0.1, 0.15) is 11.3 Å². The molecule has 0 fully saturated rings. The van der Waals surface area contributed by atoms with Crippen LogP contribution in [0.4, 0.5) is 5.69 Å². The second kappa shape index (κ2) is 4.93. The van der Waals surface area contributed by atoms with Gasteiger partial charge in [-0.25, -0.2) is 9.97 Å². The first kappa shape index (κ1) is 12.0. The van der Waals surface area contributed by atoms with E-state index in [2.05, 4.69) is 9.97 Å². The average molecular weight is 267 g/mol. The molecule has 0 saturated heterocycles. The SMILES string of the molecule is O=[N+]([O-])c1cc(Oc2ccccn2)cc2cccnc12. The molecule has 2 aromatic heterocycles. The second-order valence-corrected chi connectivity index (χ2v) is 4.04. The van der Waals surface area contributed by atoms with Crippen LogP contribution in [0.2, 0.25) is 0 Å². The standard InChI is InChI=1S/C14H9N3O3/c18-17(19)12-9-11(20-13-5-1-2-6-15-13)8-10-4-3-7-16-14(10)12/h1-9H. The summed E-state index contributed by atoms with van der Waals surface area (Å²) in [5, 5.41) is 11.8. The van der Waals surface area contributed by atoms with Gasteiger partial charge in [-0.3, -0.25) is 10.1 Å². The lowest BCUT2D eigenvalue weighted by molar-refractivity contribution is -0.383. The van der Waals surface area contributed by atoms with Gasteiger partial charge >= 0.3 is 0 Å². The zero-order valence-electron chi connectivity index (χ0n) is 10.3. The molecule has 0 unspecified atom stereocenters. The maximum absolute atomic E-state index is 11.1. The van der Waals surface area contributed by atoms with Crippen molar-refractivity contribution in [3.05, 3.63) is 65.0 Å². The van der Waals surface area contributed by atoms with E-state index < -0.39 is 4.92 Å². The molecule has 0 bridgehead atoms. The zero-order valence-corrected chi connectivity index (χ0v) is 10.3. The van der Waals surface area contributed by atoms with Gasteiger partial charge in [-0.2, -0.15) is 0 Å². The summed E-state index contributed by atoms with van der Waals surface area (Å²) >= 11 is 0. The Hall–Kier alpha value is -3.02. The van der Waals surface area contributed by atoms with E-state index in [0.717, 1.165) is 0 Å². The van der Waals surface area contributed by atoms with Crippen molar-refractivity contribution < 1.29 is 9.66 Å². The van der Waals surface area contributed by atoms with Crippen molar-refractivity contribution in [1.82, 2.24) is 9.97 Å². The number of nitro benzene ring substituents is 1. The van der Waals surface area contributed by atoms with E-state index in [4.69, 9.17) is 4.74 Å². The zero-order chi connectivity index (χ0) is 13.9. The van der Waals surface area contributed by atoms with E-state index >= 15 is 0 Å². The van der Waals surface area contributed by atoms with Gasteiger partial charge in [-0.15, -0.1) is 0 Å². The number of pyridine rings is 2. The molecular weight excluding hydrogens is 258 g/mol. The van der Waals surface area contributed by atoms with Crippen LogP contribution >= 0.6 is 0 Å². The Kier molecular flexibility index (Phi) is 2.96. The number of ether oxygens (including phenoxy) is 1. The van der Waals surface area contributed by atoms with Crippen molar-refractivity contribution in [1.29, 1.82) is 0 Å². The lowest BCUT2D eigenvalue weighted by Crippen LogP contribution is -1.94. The van der Waals surface area contributed by atoms with E-state index in [9.17, 15) is 10.1 Å². The molecular formula is C14H9N3O3. The fourth-order valence-electron chi connectivity index (χ4n) is 1.87. The van der Waals surface area contributed by atoms with Gasteiger partial charge in [0.2, 0.25) is 5.88 Å². The van der Waals surface area contributed by atoms with E-state index in [1.54, 1.807) is 42.6 Å². The van der Waals surface area contributed by atoms with Crippen molar-refractivity contribution in [2.75, 3.05) is 0 Å². The van der Waals surface area contributed by atoms with Gasteiger partial charge < -0.3 is 4.74 Å². The molecule has 20 heavy (non-hydrogen) atoms. The van der Waals surface area contributed by atoms with Crippen molar-refractivity contribution in [2.45, 2.75) is 0 Å². The molecule has 0 N–H and O–H groups in total. The number of nitro groups is 1. The van der Waals surface area contributed by atoms with Crippen LogP contribution in [0, 0.1) is 10.1 Å². The molecule has 98 valence electrons. The van der Waals surface area contributed by atoms with Crippen LogP contribution in [0.1, 0.15) is 0 Å². The molecule has 1 aromatic carbocycles. The molecule has 6 heteroatoms. The highest BCUT2D eigenvalue weighted by Gasteiger charge is 2.15. The quantitative estimate of drug-likeness (QED) is 0.537. The smallest absolute Gasteiger partial charge is 0.299 e. The normalized spacial score (nSPS) is 10.4. The van der Waals surface area contributed by atoms with Crippen molar-refractivity contribution in [2.24, 2.45) is 0 Å². The van der Waals surface area contributed by atoms with Gasteiger partial charge in [-0.1, -0.05) is 12.1 Å². The molecule has 0 aliphatic rings. The number of hydrogen-bond donors (Lipinski definition) is 0. The van der Waals surface area contributed by atoms with Crippen molar-refractivity contribution in [3.8, 4) is 11.6 Å². The summed E-state index contributed by atoms with van der Waals surface area (Å²) in [5.74, 6) is 0.737. The molecule has 0 amide bonds. The summed E-state index contributed by atoms with van der Waals surface area (Å²) in [6.45, 7) is 0. The highest BCUT2D eigenvalue weighted by atomic mass is 16.6. The Morgan fingerprint density at radius 2 is 1.90 bits per heavy atom. The number of fused-ring (bicyclic) bond motifs is 1. The lowest BCUT2D eigenvalue weighted by Gasteiger charge is -2.06. The number of nitrogens with zero attached hydrogens (tertiary/aromatic N) is 3. The van der Waals surface area contributed by atoms with Crippen LogP contribution in [0.15, 0.2) is 54.9 Å². The monoisotopic (exact) mass is 267 g/mol. The molecule has 0 aliphatic heterocycles. The van der Waals surface area contributed by atoms with E-state index in [-0.39, 0.29) is 5.69 Å². The number of hydrogen-bond acceptors (Lipinski definition) is 5. The molecule has 0 aliphatic carbocycles. The minimum Gasteiger partial charge on any atom is -0.439 e. The summed E-state index contributed by atoms with van der Waals surface area (Å²) in [7, 11) is 0. The van der Waals surface area contributed by atoms with Crippen LogP contribution in [0.25, 0.3) is 10.9 Å². The fraction of sp³-hybridized carbons (Fsp3) is 0. The predicted octanol–water partition coefficient (Wildman–Crippen LogP) is 3.33. The third-order valence-electron chi connectivity index (χ3n) is 2.72. The molecule has 6 nitrogen and oxygen atoms in total. The lowest BCUT2D eigenvalue weighted by atomic mass is 10.2. The van der Waals surface area contributed by atoms with Crippen LogP contribution in [-0.4, -0.2) is 14.9 Å². The summed E-state index contributed by atoms with van der Waals surface area (Å²) in [4.78, 5) is 18.7. The van der Waals surface area contributed by atoms with Crippen molar-refractivity contribution >= 4 is 16.6 Å². The van der Waals surface area contributed by atoms with Gasteiger partial charge in [-0.05, 0) is 18.2 Å². The molecule has 0 atom stereocenters. The highest BCUT2D eigenvalue weighted by Crippen LogP contribution is 2.31. The first-order valence-electron chi connectivity index (χ1n) is 5.86. The summed E-state index contributed by atoms with van der Waals surface area (Å²) < 4.78 is 5.53. The third kappa shape index (κ3) is 2.26. The number of aromatic nitrogens is 2. The summed E-state index contributed by atoms with van der Waals surface area (Å²) in [6, 6.07) is 11.7. The van der Waals surface area contributed by atoms with Crippen molar-refractivity contribution in [3.63, 3.8) is 0 Å². The van der Waals surface area contributed by atoms with Crippen LogP contribution in [-0.2, 0) is 0 Å². The summed E-state index contributed by atoms with van der Waals surface area (Å²) in [5.41, 5.74) is 0.250. The maximum atomic E-state index is 11.1. The molecule has 0 saturated carbocycles. The minimum absolute atomic E-state index is 0.0889. The number of rotatable bonds is 3. The third-order valence-corrected chi connectivity index (χ3v) is 2.72. The Labute approximate surface area is 113 Å². The van der Waals surface area contributed by atoms with Gasteiger partial charge in [0.25, 0.3) is 5.69 Å². The summed E-state index contributed by atoms with van der Waals surface area (Å²) in [6.07, 6.45) is 3.11. The van der Waals surface area contributed by atoms with Crippen LogP contribution < -0.4 is 4.74 Å². The molecule has 3 rings (SSSR count). The van der Waals surface area contributed by atoms with Gasteiger partial charge in [0.05, 0.1) is 11.0 Å². The van der Waals surface area contributed by atoms with E-state index in [1.807, 2.05) is 0 Å². The number of non-ortho nitro benzene ring substituents is 1. The second-order valence-electron chi connectivity index (χ2n) is 4.04. The first-order valence-corrected chi connectivity index (χ1v) is 5.86. The Morgan fingerprint density at radius 1 is 1.05 bits per heavy atom. The predicted molar refractivity (Wildman–Crippen MR) is 72.7 cm³/mol. The molecule has 0 spiro atoms. The largest absolute Gasteiger partial charge is 0.439 e. The van der Waals surface area contributed by atoms with E-state index in [1.165, 1.54) is 12.3 Å². The Balaban J connectivity index is 2.10. The molecule has 2 heterocycles. The van der Waals surface area contributed by atoms with Crippen LogP contribution in [0.3, 0.4) is 0 Å². The highest BCUT2D eigenvalue weighted by molar-refractivity contribution is 5.88. The van der Waals surface area contributed by atoms with Gasteiger partial charge in [0.15, 0.2) is 0 Å². The fourth-order valence-corrected chi connectivity index (χ4v) is 1.87. The topological polar surface area (TPSA) is 78.2 Å². The van der Waals surface area contributed by atoms with Crippen LogP contribution in [0.5, 0.6) is 11.6 Å². The maximum Gasteiger partial charge on any atom is 0.299 e.